The number of rotatable bonds is 5. The molecule has 118 valence electrons. The van der Waals surface area contributed by atoms with Gasteiger partial charge in [-0.05, 0) is 31.0 Å². The predicted molar refractivity (Wildman–Crippen MR) is 89.9 cm³/mol. The number of carbonyl (C=O) groups excluding carboxylic acids is 1. The van der Waals surface area contributed by atoms with Gasteiger partial charge in [0, 0.05) is 29.5 Å². The van der Waals surface area contributed by atoms with E-state index in [-0.39, 0.29) is 30.4 Å². The topological polar surface area (TPSA) is 50.4 Å². The summed E-state index contributed by atoms with van der Waals surface area (Å²) in [7, 11) is 0. The molecular formula is C15H22BrClN2O2. The first-order valence-corrected chi connectivity index (χ1v) is 7.77. The molecule has 1 aliphatic rings. The minimum absolute atomic E-state index is 0. The lowest BCUT2D eigenvalue weighted by atomic mass is 10.1. The van der Waals surface area contributed by atoms with Crippen LogP contribution in [0.5, 0.6) is 0 Å². The van der Waals surface area contributed by atoms with Crippen molar-refractivity contribution >= 4 is 34.2 Å². The number of halogens is 2. The zero-order chi connectivity index (χ0) is 14.4. The van der Waals surface area contributed by atoms with Gasteiger partial charge in [0.15, 0.2) is 0 Å². The van der Waals surface area contributed by atoms with Crippen LogP contribution in [-0.4, -0.2) is 37.7 Å². The molecule has 0 bridgehead atoms. The molecule has 2 unspecified atom stereocenters. The van der Waals surface area contributed by atoms with Gasteiger partial charge in [-0.1, -0.05) is 28.1 Å². The van der Waals surface area contributed by atoms with Crippen LogP contribution in [-0.2, 0) is 16.0 Å². The highest BCUT2D eigenvalue weighted by molar-refractivity contribution is 9.10. The van der Waals surface area contributed by atoms with Crippen molar-refractivity contribution in [2.45, 2.75) is 31.8 Å². The van der Waals surface area contributed by atoms with Crippen LogP contribution >= 0.6 is 28.3 Å². The number of ether oxygens (including phenoxy) is 1. The molecule has 4 nitrogen and oxygen atoms in total. The number of morpholine rings is 1. The molecule has 0 saturated carbocycles. The van der Waals surface area contributed by atoms with Gasteiger partial charge >= 0.3 is 0 Å². The Morgan fingerprint density at radius 2 is 2.38 bits per heavy atom. The largest absolute Gasteiger partial charge is 0.378 e. The van der Waals surface area contributed by atoms with Crippen molar-refractivity contribution < 1.29 is 9.53 Å². The summed E-state index contributed by atoms with van der Waals surface area (Å²) in [5, 5.41) is 6.33. The lowest BCUT2D eigenvalue weighted by Gasteiger charge is -2.24. The summed E-state index contributed by atoms with van der Waals surface area (Å²) in [4.78, 5) is 12.0. The number of hydrogen-bond donors (Lipinski definition) is 2. The Morgan fingerprint density at radius 3 is 3.05 bits per heavy atom. The van der Waals surface area contributed by atoms with Crippen LogP contribution in [0.2, 0.25) is 0 Å². The van der Waals surface area contributed by atoms with Crippen LogP contribution in [0, 0.1) is 0 Å². The molecular weight excluding hydrogens is 356 g/mol. The second kappa shape index (κ2) is 9.41. The van der Waals surface area contributed by atoms with Crippen LogP contribution in [0.1, 0.15) is 18.9 Å². The maximum atomic E-state index is 12.0. The van der Waals surface area contributed by atoms with E-state index in [1.165, 1.54) is 5.56 Å². The van der Waals surface area contributed by atoms with Crippen molar-refractivity contribution in [3.05, 3.63) is 34.3 Å². The first-order chi connectivity index (χ1) is 9.63. The Labute approximate surface area is 140 Å². The average molecular weight is 378 g/mol. The van der Waals surface area contributed by atoms with Crippen LogP contribution in [0.3, 0.4) is 0 Å². The summed E-state index contributed by atoms with van der Waals surface area (Å²) in [6, 6.07) is 8.44. The van der Waals surface area contributed by atoms with Gasteiger partial charge in [0.25, 0.3) is 0 Å². The molecule has 1 fully saturated rings. The maximum Gasteiger partial charge on any atom is 0.221 e. The van der Waals surface area contributed by atoms with Gasteiger partial charge in [0.1, 0.15) is 0 Å². The van der Waals surface area contributed by atoms with Gasteiger partial charge in [-0.25, -0.2) is 0 Å². The predicted octanol–water partition coefficient (Wildman–Crippen LogP) is 2.30. The lowest BCUT2D eigenvalue weighted by molar-refractivity contribution is -0.122. The fraction of sp³-hybridized carbons (Fsp3) is 0.533. The molecule has 2 atom stereocenters. The molecule has 21 heavy (non-hydrogen) atoms. The number of benzene rings is 1. The Bertz CT molecular complexity index is 453. The highest BCUT2D eigenvalue weighted by atomic mass is 79.9. The summed E-state index contributed by atoms with van der Waals surface area (Å²) in [6.07, 6.45) is 1.31. The first kappa shape index (κ1) is 18.4. The molecule has 1 amide bonds. The van der Waals surface area contributed by atoms with Crippen LogP contribution in [0.4, 0.5) is 0 Å². The normalized spacial score (nSPS) is 19.4. The fourth-order valence-corrected chi connectivity index (χ4v) is 2.82. The maximum absolute atomic E-state index is 12.0. The van der Waals surface area contributed by atoms with E-state index in [9.17, 15) is 4.79 Å². The van der Waals surface area contributed by atoms with E-state index < -0.39 is 0 Å². The fourth-order valence-electron chi connectivity index (χ4n) is 2.38. The number of amides is 1. The summed E-state index contributed by atoms with van der Waals surface area (Å²) in [5.74, 6) is 0.0792. The highest BCUT2D eigenvalue weighted by Crippen LogP contribution is 2.13. The van der Waals surface area contributed by atoms with Crippen LogP contribution < -0.4 is 10.6 Å². The summed E-state index contributed by atoms with van der Waals surface area (Å²) in [6.45, 7) is 4.21. The summed E-state index contributed by atoms with van der Waals surface area (Å²) < 4.78 is 6.42. The van der Waals surface area contributed by atoms with Gasteiger partial charge in [-0.15, -0.1) is 12.4 Å². The SMILES string of the molecule is CC(Cc1cccc(Br)c1)NC(=O)CC1COCCN1.Cl. The van der Waals surface area contributed by atoms with Crippen molar-refractivity contribution in [3.63, 3.8) is 0 Å². The second-order valence-corrected chi connectivity index (χ2v) is 6.15. The zero-order valence-electron chi connectivity index (χ0n) is 12.1. The second-order valence-electron chi connectivity index (χ2n) is 5.23. The Kier molecular flexibility index (Phi) is 8.26. The standard InChI is InChI=1S/C15H21BrN2O2.ClH/c1-11(7-12-3-2-4-13(16)8-12)18-15(19)9-14-10-20-6-5-17-14;/h2-4,8,11,14,17H,5-7,9-10H2,1H3,(H,18,19);1H. The molecule has 1 aromatic rings. The summed E-state index contributed by atoms with van der Waals surface area (Å²) in [5.41, 5.74) is 1.21. The molecule has 0 aliphatic carbocycles. The van der Waals surface area contributed by atoms with Gasteiger partial charge in [-0.3, -0.25) is 4.79 Å². The van der Waals surface area contributed by atoms with Gasteiger partial charge in [-0.2, -0.15) is 0 Å². The average Bonchev–Trinajstić information content (AvgIpc) is 2.39. The number of carbonyl (C=O) groups is 1. The third-order valence-electron chi connectivity index (χ3n) is 3.27. The molecule has 1 aliphatic heterocycles. The van der Waals surface area contributed by atoms with E-state index in [0.717, 1.165) is 24.0 Å². The quantitative estimate of drug-likeness (QED) is 0.828. The van der Waals surface area contributed by atoms with Gasteiger partial charge < -0.3 is 15.4 Å². The Morgan fingerprint density at radius 1 is 1.57 bits per heavy atom. The molecule has 2 rings (SSSR count). The molecule has 6 heteroatoms. The van der Waals surface area contributed by atoms with E-state index in [1.807, 2.05) is 19.1 Å². The lowest BCUT2D eigenvalue weighted by Crippen LogP contribution is -2.45. The van der Waals surface area contributed by atoms with Crippen molar-refractivity contribution in [2.24, 2.45) is 0 Å². The number of nitrogens with one attached hydrogen (secondary N) is 2. The first-order valence-electron chi connectivity index (χ1n) is 6.98. The molecule has 1 saturated heterocycles. The zero-order valence-corrected chi connectivity index (χ0v) is 14.5. The van der Waals surface area contributed by atoms with Crippen LogP contribution in [0.25, 0.3) is 0 Å². The Hall–Kier alpha value is -0.620. The third-order valence-corrected chi connectivity index (χ3v) is 3.76. The van der Waals surface area contributed by atoms with Gasteiger partial charge in [0.2, 0.25) is 5.91 Å². The van der Waals surface area contributed by atoms with E-state index in [1.54, 1.807) is 0 Å². The monoisotopic (exact) mass is 376 g/mol. The van der Waals surface area contributed by atoms with E-state index in [2.05, 4.69) is 38.7 Å². The minimum Gasteiger partial charge on any atom is -0.378 e. The molecule has 0 radical (unpaired) electrons. The molecule has 0 aromatic heterocycles. The van der Waals surface area contributed by atoms with Crippen LogP contribution in [0.15, 0.2) is 28.7 Å². The highest BCUT2D eigenvalue weighted by Gasteiger charge is 2.17. The van der Waals surface area contributed by atoms with Crippen molar-refractivity contribution in [1.82, 2.24) is 10.6 Å². The minimum atomic E-state index is 0. The van der Waals surface area contributed by atoms with Crippen molar-refractivity contribution in [3.8, 4) is 0 Å². The van der Waals surface area contributed by atoms with E-state index in [4.69, 9.17) is 4.74 Å². The van der Waals surface area contributed by atoms with Crippen molar-refractivity contribution in [1.29, 1.82) is 0 Å². The third kappa shape index (κ3) is 6.78. The van der Waals surface area contributed by atoms with Gasteiger partial charge in [0.05, 0.1) is 13.2 Å². The van der Waals surface area contributed by atoms with E-state index in [0.29, 0.717) is 13.0 Å². The molecule has 2 N–H and O–H groups in total. The van der Waals surface area contributed by atoms with Crippen molar-refractivity contribution in [2.75, 3.05) is 19.8 Å². The smallest absolute Gasteiger partial charge is 0.221 e. The Balaban J connectivity index is 0.00000220. The number of hydrogen-bond acceptors (Lipinski definition) is 3. The molecule has 1 aromatic carbocycles. The molecule has 1 heterocycles. The van der Waals surface area contributed by atoms with E-state index >= 15 is 0 Å². The molecule has 0 spiro atoms. The summed E-state index contributed by atoms with van der Waals surface area (Å²) >= 11 is 3.46.